The van der Waals surface area contributed by atoms with E-state index >= 15 is 0 Å². The molecule has 0 atom stereocenters. The fourth-order valence-corrected chi connectivity index (χ4v) is 3.89. The molecule has 0 unspecified atom stereocenters. The van der Waals surface area contributed by atoms with Crippen molar-refractivity contribution >= 4 is 39.1 Å². The minimum atomic E-state index is -0.515. The zero-order valence-electron chi connectivity index (χ0n) is 13.2. The zero-order chi connectivity index (χ0) is 16.6. The van der Waals surface area contributed by atoms with Gasteiger partial charge in [0, 0.05) is 19.1 Å². The van der Waals surface area contributed by atoms with Gasteiger partial charge in [0.2, 0.25) is 5.95 Å². The number of nitrogen functional groups attached to an aromatic ring is 1. The number of nitrogens with zero attached hydrogens (tertiary/aromatic N) is 3. The number of amides is 1. The molecule has 0 aromatic carbocycles. The van der Waals surface area contributed by atoms with Crippen molar-refractivity contribution in [3.05, 3.63) is 10.6 Å². The van der Waals surface area contributed by atoms with Crippen LogP contribution in [0.1, 0.15) is 41.6 Å². The van der Waals surface area contributed by atoms with Crippen LogP contribution in [-0.4, -0.2) is 35.0 Å². The third kappa shape index (κ3) is 2.96. The van der Waals surface area contributed by atoms with Crippen LogP contribution in [0.5, 0.6) is 0 Å². The lowest BCUT2D eigenvalue weighted by Crippen LogP contribution is -2.40. The number of rotatable bonds is 4. The topological polar surface area (TPSA) is 124 Å². The number of carbonyl (C=O) groups excluding carboxylic acids is 1. The number of carbonyl (C=O) groups is 1. The molecule has 0 aliphatic carbocycles. The highest BCUT2D eigenvalue weighted by Crippen LogP contribution is 2.35. The van der Waals surface area contributed by atoms with Gasteiger partial charge in [0.15, 0.2) is 0 Å². The Morgan fingerprint density at radius 1 is 1.35 bits per heavy atom. The molecule has 0 saturated carbocycles. The van der Waals surface area contributed by atoms with E-state index in [0.717, 1.165) is 54.7 Å². The summed E-state index contributed by atoms with van der Waals surface area (Å²) in [7, 11) is 0. The molecule has 2 aromatic rings. The summed E-state index contributed by atoms with van der Waals surface area (Å²) in [5, 5.41) is 0.781. The average molecular weight is 334 g/mol. The van der Waals surface area contributed by atoms with Crippen LogP contribution in [-0.2, 0) is 6.42 Å². The van der Waals surface area contributed by atoms with Crippen LogP contribution in [0.3, 0.4) is 0 Å². The number of thiophene rings is 1. The lowest BCUT2D eigenvalue weighted by Gasteiger charge is -2.30. The quantitative estimate of drug-likeness (QED) is 0.773. The van der Waals surface area contributed by atoms with Gasteiger partial charge in [-0.15, -0.1) is 11.3 Å². The van der Waals surface area contributed by atoms with E-state index in [9.17, 15) is 4.79 Å². The Morgan fingerprint density at radius 3 is 2.65 bits per heavy atom. The number of hydrogen-bond donors (Lipinski definition) is 3. The molecular weight excluding hydrogens is 312 g/mol. The summed E-state index contributed by atoms with van der Waals surface area (Å²) >= 11 is 1.25. The highest BCUT2D eigenvalue weighted by atomic mass is 32.1. The molecule has 23 heavy (non-hydrogen) atoms. The van der Waals surface area contributed by atoms with Crippen molar-refractivity contribution in [2.75, 3.05) is 23.7 Å². The Balaban J connectivity index is 2.08. The molecule has 2 aromatic heterocycles. The molecule has 0 spiro atoms. The number of fused-ring (bicyclic) bond motifs is 1. The predicted molar refractivity (Wildman–Crippen MR) is 93.8 cm³/mol. The number of piperidine rings is 1. The van der Waals surface area contributed by atoms with Crippen LogP contribution < -0.4 is 22.1 Å². The maximum absolute atomic E-state index is 11.6. The fraction of sp³-hybridized carbons (Fsp3) is 0.533. The number of aromatic nitrogens is 2. The van der Waals surface area contributed by atoms with E-state index in [4.69, 9.17) is 22.2 Å². The van der Waals surface area contributed by atoms with Crippen LogP contribution >= 0.6 is 11.3 Å². The number of hydrogen-bond acceptors (Lipinski definition) is 7. The summed E-state index contributed by atoms with van der Waals surface area (Å²) in [4.78, 5) is 24.2. The van der Waals surface area contributed by atoms with Gasteiger partial charge in [-0.3, -0.25) is 4.79 Å². The zero-order valence-corrected chi connectivity index (χ0v) is 14.0. The normalized spacial score (nSPS) is 16.2. The first kappa shape index (κ1) is 15.9. The first-order valence-electron chi connectivity index (χ1n) is 7.90. The van der Waals surface area contributed by atoms with Crippen molar-refractivity contribution in [1.82, 2.24) is 9.97 Å². The predicted octanol–water partition coefficient (Wildman–Crippen LogP) is 1.25. The maximum atomic E-state index is 11.6. The van der Waals surface area contributed by atoms with Crippen LogP contribution in [0.4, 0.5) is 11.6 Å². The second-order valence-electron chi connectivity index (χ2n) is 5.93. The number of aryl methyl sites for hydroxylation is 1. The van der Waals surface area contributed by atoms with Gasteiger partial charge in [-0.1, -0.05) is 13.3 Å². The Labute approximate surface area is 138 Å². The van der Waals surface area contributed by atoms with E-state index in [2.05, 4.69) is 16.8 Å². The van der Waals surface area contributed by atoms with Gasteiger partial charge in [-0.25, -0.2) is 9.97 Å². The van der Waals surface area contributed by atoms with Gasteiger partial charge in [0.05, 0.1) is 16.8 Å². The first-order valence-corrected chi connectivity index (χ1v) is 8.72. The summed E-state index contributed by atoms with van der Waals surface area (Å²) < 4.78 is 0. The molecule has 3 rings (SSSR count). The second kappa shape index (κ2) is 6.29. The SMILES string of the molecule is CCCc1nc(N2CCC(N)CC2)nc2sc(C(N)=O)c(N)c12. The molecule has 1 saturated heterocycles. The molecule has 8 heteroatoms. The molecule has 6 N–H and O–H groups in total. The lowest BCUT2D eigenvalue weighted by atomic mass is 10.1. The van der Waals surface area contributed by atoms with Crippen LogP contribution in [0.15, 0.2) is 0 Å². The van der Waals surface area contributed by atoms with Crippen molar-refractivity contribution in [1.29, 1.82) is 0 Å². The minimum absolute atomic E-state index is 0.254. The van der Waals surface area contributed by atoms with Gasteiger partial charge in [-0.2, -0.15) is 0 Å². The van der Waals surface area contributed by atoms with Crippen LogP contribution in [0.2, 0.25) is 0 Å². The molecule has 1 amide bonds. The minimum Gasteiger partial charge on any atom is -0.397 e. The Hall–Kier alpha value is -1.93. The monoisotopic (exact) mass is 334 g/mol. The summed E-state index contributed by atoms with van der Waals surface area (Å²) in [6, 6.07) is 0.254. The van der Waals surface area contributed by atoms with Crippen LogP contribution in [0.25, 0.3) is 10.2 Å². The summed E-state index contributed by atoms with van der Waals surface area (Å²) in [5.74, 6) is 0.184. The summed E-state index contributed by atoms with van der Waals surface area (Å²) in [6.45, 7) is 3.79. The van der Waals surface area contributed by atoms with Crippen molar-refractivity contribution in [2.24, 2.45) is 11.5 Å². The van der Waals surface area contributed by atoms with E-state index < -0.39 is 5.91 Å². The molecule has 124 valence electrons. The molecule has 0 bridgehead atoms. The molecule has 1 aliphatic heterocycles. The third-order valence-electron chi connectivity index (χ3n) is 4.18. The Morgan fingerprint density at radius 2 is 2.04 bits per heavy atom. The van der Waals surface area contributed by atoms with E-state index in [1.165, 1.54) is 11.3 Å². The maximum Gasteiger partial charge on any atom is 0.260 e. The van der Waals surface area contributed by atoms with Gasteiger partial charge < -0.3 is 22.1 Å². The Bertz CT molecular complexity index is 735. The molecule has 1 fully saturated rings. The van der Waals surface area contributed by atoms with E-state index in [1.807, 2.05) is 0 Å². The van der Waals surface area contributed by atoms with Crippen molar-refractivity contribution < 1.29 is 4.79 Å². The second-order valence-corrected chi connectivity index (χ2v) is 6.93. The van der Waals surface area contributed by atoms with Crippen molar-refractivity contribution in [3.63, 3.8) is 0 Å². The highest BCUT2D eigenvalue weighted by Gasteiger charge is 2.23. The first-order chi connectivity index (χ1) is 11.0. The standard InChI is InChI=1S/C15H22N6OS/c1-2-3-9-10-11(17)12(13(18)22)23-14(10)20-15(19-9)21-6-4-8(16)5-7-21/h8H,2-7,16-17H2,1H3,(H2,18,22). The van der Waals surface area contributed by atoms with E-state index in [1.54, 1.807) is 0 Å². The molecule has 1 aliphatic rings. The van der Waals surface area contributed by atoms with Gasteiger partial charge in [0.25, 0.3) is 5.91 Å². The largest absolute Gasteiger partial charge is 0.397 e. The van der Waals surface area contributed by atoms with Crippen LogP contribution in [0, 0.1) is 0 Å². The van der Waals surface area contributed by atoms with E-state index in [0.29, 0.717) is 16.5 Å². The molecule has 0 radical (unpaired) electrons. The van der Waals surface area contributed by atoms with Crippen molar-refractivity contribution in [2.45, 2.75) is 38.6 Å². The third-order valence-corrected chi connectivity index (χ3v) is 5.30. The van der Waals surface area contributed by atoms with E-state index in [-0.39, 0.29) is 6.04 Å². The fourth-order valence-electron chi connectivity index (χ4n) is 2.92. The highest BCUT2D eigenvalue weighted by molar-refractivity contribution is 7.21. The molecule has 7 nitrogen and oxygen atoms in total. The lowest BCUT2D eigenvalue weighted by molar-refractivity contribution is 0.100. The smallest absolute Gasteiger partial charge is 0.260 e. The summed E-state index contributed by atoms with van der Waals surface area (Å²) in [5.41, 5.74) is 18.8. The van der Waals surface area contributed by atoms with Gasteiger partial charge in [-0.05, 0) is 19.3 Å². The molecule has 3 heterocycles. The van der Waals surface area contributed by atoms with Gasteiger partial charge in [0.1, 0.15) is 9.71 Å². The molecular formula is C15H22N6OS. The van der Waals surface area contributed by atoms with Gasteiger partial charge >= 0.3 is 0 Å². The summed E-state index contributed by atoms with van der Waals surface area (Å²) in [6.07, 6.45) is 3.60. The Kier molecular flexibility index (Phi) is 4.36. The number of primary amides is 1. The van der Waals surface area contributed by atoms with Crippen molar-refractivity contribution in [3.8, 4) is 0 Å². The number of anilines is 2. The number of nitrogens with two attached hydrogens (primary N) is 3. The average Bonchev–Trinajstić information content (AvgIpc) is 2.86.